The van der Waals surface area contributed by atoms with Gasteiger partial charge in [-0.3, -0.25) is 14.9 Å². The number of hydrogen-bond acceptors (Lipinski definition) is 5. The van der Waals surface area contributed by atoms with E-state index in [1.165, 1.54) is 0 Å². The van der Waals surface area contributed by atoms with Crippen LogP contribution in [0.5, 0.6) is 0 Å². The molecule has 7 nitrogen and oxygen atoms in total. The Kier molecular flexibility index (Phi) is 4.01. The number of nitrogens with zero attached hydrogens (tertiary/aromatic N) is 1. The molecule has 0 radical (unpaired) electrons. The molecule has 120 valence electrons. The molecule has 0 fully saturated rings. The number of hydrogen-bond donors (Lipinski definition) is 3. The number of nitrogens with one attached hydrogen (secondary N) is 3. The largest absolute Gasteiger partial charge is 0.374 e. The highest BCUT2D eigenvalue weighted by atomic mass is 16.5. The first-order chi connectivity index (χ1) is 11.0. The van der Waals surface area contributed by atoms with Gasteiger partial charge in [0.05, 0.1) is 5.69 Å². The molecule has 1 aromatic heterocycles. The first-order valence-electron chi connectivity index (χ1n) is 7.45. The number of fused-ring (bicyclic) bond motifs is 1. The van der Waals surface area contributed by atoms with Crippen molar-refractivity contribution in [1.29, 1.82) is 0 Å². The highest BCUT2D eigenvalue weighted by Gasteiger charge is 2.18. The molecule has 7 heteroatoms. The van der Waals surface area contributed by atoms with E-state index in [9.17, 15) is 9.59 Å². The summed E-state index contributed by atoms with van der Waals surface area (Å²) in [5, 5.41) is 12.3. The minimum atomic E-state index is -0.474. The Bertz CT molecular complexity index is 754. The van der Waals surface area contributed by atoms with Gasteiger partial charge in [0.1, 0.15) is 6.04 Å². The van der Waals surface area contributed by atoms with E-state index in [4.69, 9.17) is 4.52 Å². The molecule has 1 unspecified atom stereocenters. The van der Waals surface area contributed by atoms with Crippen LogP contribution in [0, 0.1) is 6.92 Å². The van der Waals surface area contributed by atoms with Crippen LogP contribution in [-0.2, 0) is 16.0 Å². The summed E-state index contributed by atoms with van der Waals surface area (Å²) in [5.41, 5.74) is 3.36. The normalized spacial score (nSPS) is 14.6. The highest BCUT2D eigenvalue weighted by molar-refractivity contribution is 5.96. The summed E-state index contributed by atoms with van der Waals surface area (Å²) < 4.78 is 4.96. The molecule has 0 saturated carbocycles. The van der Waals surface area contributed by atoms with Gasteiger partial charge in [0.15, 0.2) is 0 Å². The van der Waals surface area contributed by atoms with Gasteiger partial charge in [-0.1, -0.05) is 11.2 Å². The molecule has 2 aromatic rings. The lowest BCUT2D eigenvalue weighted by Crippen LogP contribution is -2.31. The van der Waals surface area contributed by atoms with Crippen LogP contribution in [0.1, 0.15) is 24.6 Å². The fraction of sp³-hybridized carbons (Fsp3) is 0.312. The topological polar surface area (TPSA) is 96.3 Å². The van der Waals surface area contributed by atoms with Crippen LogP contribution < -0.4 is 16.0 Å². The second kappa shape index (κ2) is 6.12. The van der Waals surface area contributed by atoms with Crippen LogP contribution in [0.4, 0.5) is 17.3 Å². The molecule has 3 rings (SSSR count). The summed E-state index contributed by atoms with van der Waals surface area (Å²) in [6, 6.07) is 6.88. The van der Waals surface area contributed by atoms with Gasteiger partial charge in [0, 0.05) is 23.9 Å². The zero-order valence-corrected chi connectivity index (χ0v) is 13.0. The average Bonchev–Trinajstić information content (AvgIpc) is 2.91. The Hall–Kier alpha value is -2.83. The smallest absolute Gasteiger partial charge is 0.248 e. The van der Waals surface area contributed by atoms with E-state index in [2.05, 4.69) is 21.1 Å². The number of anilines is 3. The second-order valence-corrected chi connectivity index (χ2v) is 5.61. The van der Waals surface area contributed by atoms with Crippen molar-refractivity contribution >= 4 is 29.1 Å². The van der Waals surface area contributed by atoms with E-state index in [0.29, 0.717) is 18.0 Å². The van der Waals surface area contributed by atoms with Crippen LogP contribution in [0.15, 0.2) is 28.8 Å². The minimum Gasteiger partial charge on any atom is -0.374 e. The second-order valence-electron chi connectivity index (χ2n) is 5.61. The predicted molar refractivity (Wildman–Crippen MR) is 86.3 cm³/mol. The molecule has 0 saturated heterocycles. The standard InChI is InChI=1S/C16H18N4O3/c1-9-7-15(23-20-9)19-16(22)10(2)17-12-5-3-11-4-6-14(21)18-13(11)8-12/h3,5,7-8,10,17H,4,6H2,1-2H3,(H,18,21)(H,19,22). The third-order valence-electron chi connectivity index (χ3n) is 3.66. The summed E-state index contributed by atoms with van der Waals surface area (Å²) in [4.78, 5) is 23.6. The maximum atomic E-state index is 12.1. The van der Waals surface area contributed by atoms with Gasteiger partial charge in [0.2, 0.25) is 17.7 Å². The molecular weight excluding hydrogens is 296 g/mol. The van der Waals surface area contributed by atoms with Crippen molar-refractivity contribution in [3.05, 3.63) is 35.5 Å². The van der Waals surface area contributed by atoms with Crippen molar-refractivity contribution in [1.82, 2.24) is 5.16 Å². The summed E-state index contributed by atoms with van der Waals surface area (Å²) in [6.45, 7) is 3.53. The molecule has 2 heterocycles. The quantitative estimate of drug-likeness (QED) is 0.804. The number of carbonyl (C=O) groups excluding carboxylic acids is 2. The van der Waals surface area contributed by atoms with E-state index in [0.717, 1.165) is 23.4 Å². The van der Waals surface area contributed by atoms with E-state index >= 15 is 0 Å². The Morgan fingerprint density at radius 3 is 2.91 bits per heavy atom. The Morgan fingerprint density at radius 1 is 1.35 bits per heavy atom. The number of rotatable bonds is 4. The van der Waals surface area contributed by atoms with E-state index < -0.39 is 6.04 Å². The van der Waals surface area contributed by atoms with Crippen molar-refractivity contribution in [3.8, 4) is 0 Å². The molecule has 0 spiro atoms. The van der Waals surface area contributed by atoms with Gasteiger partial charge in [-0.25, -0.2) is 0 Å². The number of carbonyl (C=O) groups is 2. The van der Waals surface area contributed by atoms with Gasteiger partial charge in [-0.2, -0.15) is 0 Å². The molecule has 1 aliphatic heterocycles. The minimum absolute atomic E-state index is 0.0149. The van der Waals surface area contributed by atoms with Crippen molar-refractivity contribution in [2.75, 3.05) is 16.0 Å². The van der Waals surface area contributed by atoms with Crippen LogP contribution in [0.25, 0.3) is 0 Å². The lowest BCUT2D eigenvalue weighted by Gasteiger charge is -2.19. The SMILES string of the molecule is Cc1cc(NC(=O)C(C)Nc2ccc3c(c2)NC(=O)CC3)on1. The third-order valence-corrected chi connectivity index (χ3v) is 3.66. The fourth-order valence-electron chi connectivity index (χ4n) is 2.43. The van der Waals surface area contributed by atoms with Crippen LogP contribution >= 0.6 is 0 Å². The van der Waals surface area contributed by atoms with Gasteiger partial charge in [-0.05, 0) is 38.0 Å². The summed E-state index contributed by atoms with van der Waals surface area (Å²) in [7, 11) is 0. The van der Waals surface area contributed by atoms with Crippen LogP contribution in [-0.4, -0.2) is 23.0 Å². The number of benzene rings is 1. The maximum absolute atomic E-state index is 12.1. The molecule has 0 bridgehead atoms. The zero-order chi connectivity index (χ0) is 16.4. The Labute approximate surface area is 133 Å². The molecule has 3 N–H and O–H groups in total. The first kappa shape index (κ1) is 15.1. The Morgan fingerprint density at radius 2 is 2.17 bits per heavy atom. The maximum Gasteiger partial charge on any atom is 0.248 e. The van der Waals surface area contributed by atoms with Gasteiger partial charge >= 0.3 is 0 Å². The van der Waals surface area contributed by atoms with Crippen molar-refractivity contribution in [2.45, 2.75) is 32.7 Å². The van der Waals surface area contributed by atoms with Crippen molar-refractivity contribution in [3.63, 3.8) is 0 Å². The predicted octanol–water partition coefficient (Wildman–Crippen LogP) is 2.31. The molecule has 23 heavy (non-hydrogen) atoms. The van der Waals surface area contributed by atoms with Gasteiger partial charge in [0.25, 0.3) is 0 Å². The summed E-state index contributed by atoms with van der Waals surface area (Å²) >= 11 is 0. The summed E-state index contributed by atoms with van der Waals surface area (Å²) in [5.74, 6) is 0.0999. The lowest BCUT2D eigenvalue weighted by atomic mass is 10.0. The molecule has 2 amide bonds. The monoisotopic (exact) mass is 314 g/mol. The average molecular weight is 314 g/mol. The van der Waals surface area contributed by atoms with E-state index in [1.54, 1.807) is 19.9 Å². The molecular formula is C16H18N4O3. The molecule has 1 aliphatic rings. The molecule has 0 aliphatic carbocycles. The third kappa shape index (κ3) is 3.50. The van der Waals surface area contributed by atoms with Crippen LogP contribution in [0.3, 0.4) is 0 Å². The number of aromatic nitrogens is 1. The van der Waals surface area contributed by atoms with Gasteiger partial charge in [-0.15, -0.1) is 0 Å². The van der Waals surface area contributed by atoms with Crippen molar-refractivity contribution in [2.24, 2.45) is 0 Å². The summed E-state index contributed by atoms with van der Waals surface area (Å²) in [6.07, 6.45) is 1.25. The van der Waals surface area contributed by atoms with Crippen molar-refractivity contribution < 1.29 is 14.1 Å². The van der Waals surface area contributed by atoms with Gasteiger partial charge < -0.3 is 15.2 Å². The molecule has 1 atom stereocenters. The number of aryl methyl sites for hydroxylation is 2. The lowest BCUT2D eigenvalue weighted by molar-refractivity contribution is -0.117. The van der Waals surface area contributed by atoms with E-state index in [1.807, 2.05) is 18.2 Å². The molecule has 1 aromatic carbocycles. The highest BCUT2D eigenvalue weighted by Crippen LogP contribution is 2.26. The van der Waals surface area contributed by atoms with Crippen LogP contribution in [0.2, 0.25) is 0 Å². The fourth-order valence-corrected chi connectivity index (χ4v) is 2.43. The van der Waals surface area contributed by atoms with E-state index in [-0.39, 0.29) is 11.8 Å². The Balaban J connectivity index is 1.65. The number of amides is 2. The zero-order valence-electron chi connectivity index (χ0n) is 13.0. The first-order valence-corrected chi connectivity index (χ1v) is 7.45.